The Morgan fingerprint density at radius 2 is 1.85 bits per heavy atom. The lowest BCUT2D eigenvalue weighted by molar-refractivity contribution is -0.132. The zero-order valence-electron chi connectivity index (χ0n) is 17.2. The van der Waals surface area contributed by atoms with Crippen LogP contribution < -0.4 is 9.64 Å². The number of hydrogen-bond donors (Lipinski definition) is 1. The molecular weight excluding hydrogens is 479 g/mol. The van der Waals surface area contributed by atoms with E-state index in [0.29, 0.717) is 11.8 Å². The second-order valence-electron chi connectivity index (χ2n) is 7.18. The van der Waals surface area contributed by atoms with Gasteiger partial charge in [-0.3, -0.25) is 14.5 Å². The van der Waals surface area contributed by atoms with Gasteiger partial charge in [0.1, 0.15) is 40.7 Å². The molecule has 0 spiro atoms. The van der Waals surface area contributed by atoms with Crippen LogP contribution in [-0.4, -0.2) is 23.9 Å². The summed E-state index contributed by atoms with van der Waals surface area (Å²) in [5.74, 6) is -4.33. The highest BCUT2D eigenvalue weighted by Gasteiger charge is 2.49. The van der Waals surface area contributed by atoms with Gasteiger partial charge >= 0.3 is 0 Å². The predicted octanol–water partition coefficient (Wildman–Crippen LogP) is 5.81. The summed E-state index contributed by atoms with van der Waals surface area (Å²) in [4.78, 5) is 26.9. The fraction of sp³-hybridized carbons (Fsp3) is 0.130. The lowest BCUT2D eigenvalue weighted by Crippen LogP contribution is -2.30. The third kappa shape index (κ3) is 3.85. The molecule has 1 aromatic heterocycles. The molecule has 1 unspecified atom stereocenters. The number of rotatable bonds is 4. The molecule has 1 amide bonds. The number of hydrogen-bond acceptors (Lipinski definition) is 5. The Morgan fingerprint density at radius 3 is 2.45 bits per heavy atom. The number of ketones is 1. The Kier molecular flexibility index (Phi) is 5.90. The van der Waals surface area contributed by atoms with E-state index in [9.17, 15) is 23.5 Å². The van der Waals surface area contributed by atoms with Crippen molar-refractivity contribution in [3.63, 3.8) is 0 Å². The summed E-state index contributed by atoms with van der Waals surface area (Å²) in [5.41, 5.74) is -0.830. The van der Waals surface area contributed by atoms with Crippen LogP contribution in [0, 0.1) is 18.6 Å². The van der Waals surface area contributed by atoms with Crippen LogP contribution in [0.5, 0.6) is 5.75 Å². The average molecular weight is 494 g/mol. The van der Waals surface area contributed by atoms with Gasteiger partial charge in [-0.1, -0.05) is 23.2 Å². The van der Waals surface area contributed by atoms with Gasteiger partial charge in [0, 0.05) is 11.1 Å². The van der Waals surface area contributed by atoms with Gasteiger partial charge in [-0.25, -0.2) is 8.78 Å². The summed E-state index contributed by atoms with van der Waals surface area (Å²) >= 11 is 12.2. The van der Waals surface area contributed by atoms with E-state index in [1.54, 1.807) is 13.0 Å². The third-order valence-electron chi connectivity index (χ3n) is 5.11. The standard InChI is InChI=1S/C23H15Cl2F2NO5/c1-10-3-6-17(33-10)19-18(20(29)13-7-11(24)8-14(25)22(13)32-2)21(30)23(31)28(19)16-5-4-12(26)9-15(16)27/h3-9,19,29H,1-2H3/b20-18+. The van der Waals surface area contributed by atoms with Crippen LogP contribution in [0.25, 0.3) is 5.76 Å². The van der Waals surface area contributed by atoms with E-state index in [-0.39, 0.29) is 32.8 Å². The second-order valence-corrected chi connectivity index (χ2v) is 8.03. The molecule has 2 heterocycles. The van der Waals surface area contributed by atoms with E-state index in [1.165, 1.54) is 25.3 Å². The molecule has 0 bridgehead atoms. The van der Waals surface area contributed by atoms with Crippen molar-refractivity contribution in [1.29, 1.82) is 0 Å². The molecular formula is C23H15Cl2F2NO5. The quantitative estimate of drug-likeness (QED) is 0.282. The van der Waals surface area contributed by atoms with Gasteiger partial charge in [0.25, 0.3) is 11.7 Å². The van der Waals surface area contributed by atoms with E-state index in [4.69, 9.17) is 32.4 Å². The lowest BCUT2D eigenvalue weighted by atomic mass is 9.98. The number of anilines is 1. The van der Waals surface area contributed by atoms with Crippen LogP contribution >= 0.6 is 23.2 Å². The molecule has 6 nitrogen and oxygen atoms in total. The van der Waals surface area contributed by atoms with Crippen molar-refractivity contribution in [2.45, 2.75) is 13.0 Å². The molecule has 1 fully saturated rings. The SMILES string of the molecule is COc1c(Cl)cc(Cl)cc1/C(O)=C1\C(=O)C(=O)N(c2ccc(F)cc2F)C1c1ccc(C)o1. The number of aliphatic hydroxyl groups excluding tert-OH is 1. The molecule has 33 heavy (non-hydrogen) atoms. The maximum Gasteiger partial charge on any atom is 0.300 e. The van der Waals surface area contributed by atoms with Crippen molar-refractivity contribution in [3.8, 4) is 5.75 Å². The van der Waals surface area contributed by atoms with Gasteiger partial charge in [-0.15, -0.1) is 0 Å². The number of carbonyl (C=O) groups is 2. The van der Waals surface area contributed by atoms with E-state index in [2.05, 4.69) is 0 Å². The Bertz CT molecular complexity index is 1330. The number of nitrogens with zero attached hydrogens (tertiary/aromatic N) is 1. The van der Waals surface area contributed by atoms with Crippen molar-refractivity contribution in [3.05, 3.63) is 86.8 Å². The van der Waals surface area contributed by atoms with E-state index >= 15 is 0 Å². The molecule has 170 valence electrons. The first-order chi connectivity index (χ1) is 15.6. The largest absolute Gasteiger partial charge is 0.507 e. The Hall–Kier alpha value is -3.36. The van der Waals surface area contributed by atoms with Crippen LogP contribution in [0.1, 0.15) is 23.1 Å². The zero-order chi connectivity index (χ0) is 24.0. The second kappa shape index (κ2) is 8.53. The van der Waals surface area contributed by atoms with Gasteiger partial charge in [0.05, 0.1) is 29.0 Å². The number of Topliss-reactive ketones (excluding diaryl/α,β-unsaturated/α-hetero) is 1. The summed E-state index contributed by atoms with van der Waals surface area (Å²) in [7, 11) is 1.30. The first-order valence-corrected chi connectivity index (χ1v) is 10.3. The first-order valence-electron chi connectivity index (χ1n) is 9.49. The molecule has 2 aromatic carbocycles. The number of aryl methyl sites for hydroxylation is 1. The molecule has 1 N–H and O–H groups in total. The molecule has 4 rings (SSSR count). The molecule has 10 heteroatoms. The van der Waals surface area contributed by atoms with Crippen LogP contribution in [0.15, 0.2) is 52.5 Å². The Balaban J connectivity index is 2.02. The smallest absolute Gasteiger partial charge is 0.300 e. The van der Waals surface area contributed by atoms with Crippen LogP contribution in [0.2, 0.25) is 10.0 Å². The number of furan rings is 1. The summed E-state index contributed by atoms with van der Waals surface area (Å²) < 4.78 is 39.0. The van der Waals surface area contributed by atoms with Gasteiger partial charge in [-0.05, 0) is 43.3 Å². The minimum absolute atomic E-state index is 0.00658. The van der Waals surface area contributed by atoms with E-state index < -0.39 is 40.7 Å². The predicted molar refractivity (Wildman–Crippen MR) is 118 cm³/mol. The molecule has 1 aliphatic rings. The highest BCUT2D eigenvalue weighted by Crippen LogP contribution is 2.45. The Morgan fingerprint density at radius 1 is 1.12 bits per heavy atom. The maximum absolute atomic E-state index is 14.7. The van der Waals surface area contributed by atoms with Crippen LogP contribution in [0.4, 0.5) is 14.5 Å². The average Bonchev–Trinajstić information content (AvgIpc) is 3.28. The zero-order valence-corrected chi connectivity index (χ0v) is 18.7. The highest BCUT2D eigenvalue weighted by molar-refractivity contribution is 6.51. The molecule has 1 aliphatic heterocycles. The van der Waals surface area contributed by atoms with Crippen LogP contribution in [0.3, 0.4) is 0 Å². The van der Waals surface area contributed by atoms with Gasteiger partial charge in [0.15, 0.2) is 0 Å². The number of amides is 1. The lowest BCUT2D eigenvalue weighted by Gasteiger charge is -2.24. The number of methoxy groups -OCH3 is 1. The number of ether oxygens (including phenoxy) is 1. The normalized spacial score (nSPS) is 17.6. The molecule has 0 saturated carbocycles. The van der Waals surface area contributed by atoms with Crippen molar-refractivity contribution in [1.82, 2.24) is 0 Å². The highest BCUT2D eigenvalue weighted by atomic mass is 35.5. The summed E-state index contributed by atoms with van der Waals surface area (Å²) in [6.45, 7) is 1.63. The molecule has 0 radical (unpaired) electrons. The van der Waals surface area contributed by atoms with Crippen molar-refractivity contribution in [2.75, 3.05) is 12.0 Å². The first kappa shape index (κ1) is 22.8. The monoisotopic (exact) mass is 493 g/mol. The molecule has 1 saturated heterocycles. The number of benzene rings is 2. The van der Waals surface area contributed by atoms with Crippen molar-refractivity contribution >= 4 is 46.3 Å². The molecule has 1 atom stereocenters. The summed E-state index contributed by atoms with van der Waals surface area (Å²) in [6.07, 6.45) is 0. The summed E-state index contributed by atoms with van der Waals surface area (Å²) in [6, 6.07) is 6.93. The number of aliphatic hydroxyl groups is 1. The number of halogens is 4. The van der Waals surface area contributed by atoms with Crippen LogP contribution in [-0.2, 0) is 9.59 Å². The van der Waals surface area contributed by atoms with E-state index in [1.807, 2.05) is 0 Å². The topological polar surface area (TPSA) is 80.0 Å². The van der Waals surface area contributed by atoms with Crippen molar-refractivity contribution < 1.29 is 32.6 Å². The van der Waals surface area contributed by atoms with Gasteiger partial charge in [-0.2, -0.15) is 0 Å². The minimum atomic E-state index is -1.36. The maximum atomic E-state index is 14.7. The van der Waals surface area contributed by atoms with E-state index in [0.717, 1.165) is 17.0 Å². The van der Waals surface area contributed by atoms with Gasteiger partial charge < -0.3 is 14.3 Å². The minimum Gasteiger partial charge on any atom is -0.507 e. The molecule has 0 aliphatic carbocycles. The number of carbonyl (C=O) groups excluding carboxylic acids is 2. The molecule has 3 aromatic rings. The fourth-order valence-electron chi connectivity index (χ4n) is 3.72. The Labute approximate surface area is 196 Å². The fourth-order valence-corrected chi connectivity index (χ4v) is 4.29. The third-order valence-corrected chi connectivity index (χ3v) is 5.61. The van der Waals surface area contributed by atoms with Crippen molar-refractivity contribution in [2.24, 2.45) is 0 Å². The summed E-state index contributed by atoms with van der Waals surface area (Å²) in [5, 5.41) is 11.4. The van der Waals surface area contributed by atoms with Gasteiger partial charge in [0.2, 0.25) is 0 Å².